The van der Waals surface area contributed by atoms with Gasteiger partial charge in [0.1, 0.15) is 0 Å². The summed E-state index contributed by atoms with van der Waals surface area (Å²) in [5.74, 6) is 1.26. The largest absolute Gasteiger partial charge is 0.493 e. The van der Waals surface area contributed by atoms with E-state index in [-0.39, 0.29) is 5.56 Å². The van der Waals surface area contributed by atoms with Crippen molar-refractivity contribution in [3.05, 3.63) is 76.0 Å². The molecule has 3 aromatic heterocycles. The van der Waals surface area contributed by atoms with Crippen molar-refractivity contribution in [2.75, 3.05) is 14.2 Å². The molecule has 0 N–H and O–H groups in total. The van der Waals surface area contributed by atoms with E-state index in [1.54, 1.807) is 48.5 Å². The van der Waals surface area contributed by atoms with Crippen molar-refractivity contribution >= 4 is 24.0 Å². The van der Waals surface area contributed by atoms with Gasteiger partial charge < -0.3 is 14.0 Å². The number of thiophene rings is 1. The van der Waals surface area contributed by atoms with Crippen LogP contribution in [0.4, 0.5) is 0 Å². The van der Waals surface area contributed by atoms with Gasteiger partial charge in [-0.15, -0.1) is 24.0 Å². The molecule has 4 rings (SSSR count). The number of ether oxygens (including phenoxy) is 2. The Hall–Kier alpha value is -3.10. The molecule has 0 saturated heterocycles. The van der Waals surface area contributed by atoms with Gasteiger partial charge in [0.15, 0.2) is 16.7 Å². The third-order valence-electron chi connectivity index (χ3n) is 4.57. The fraction of sp³-hybridized carbons (Fsp3) is 0.136. The third-order valence-corrected chi connectivity index (χ3v) is 5.66. The van der Waals surface area contributed by atoms with Crippen molar-refractivity contribution in [2.45, 2.75) is 11.7 Å². The van der Waals surface area contributed by atoms with Gasteiger partial charge in [0.25, 0.3) is 5.56 Å². The summed E-state index contributed by atoms with van der Waals surface area (Å²) in [5, 5.41) is 2.38. The average molecular weight is 438 g/mol. The first-order chi connectivity index (χ1) is 14.6. The number of hydrogen-bond donors (Lipinski definition) is 1. The highest BCUT2D eigenvalue weighted by atomic mass is 32.1. The Balaban J connectivity index is 1.70. The molecule has 3 heterocycles. The predicted octanol–water partition coefficient (Wildman–Crippen LogP) is 4.39. The summed E-state index contributed by atoms with van der Waals surface area (Å²) in [6.45, 7) is 0.392. The van der Waals surface area contributed by atoms with Crippen molar-refractivity contribution in [1.82, 2.24) is 14.5 Å². The number of methoxy groups -OCH3 is 2. The lowest BCUT2D eigenvalue weighted by Gasteiger charge is -2.12. The number of pyridine rings is 1. The molecule has 0 spiro atoms. The number of aromatic nitrogens is 3. The third kappa shape index (κ3) is 4.24. The van der Waals surface area contributed by atoms with Gasteiger partial charge in [-0.25, -0.2) is 9.97 Å². The first kappa shape index (κ1) is 20.2. The van der Waals surface area contributed by atoms with E-state index in [1.807, 2.05) is 41.8 Å². The van der Waals surface area contributed by atoms with Crippen LogP contribution in [-0.4, -0.2) is 28.8 Å². The maximum absolute atomic E-state index is 12.5. The second kappa shape index (κ2) is 8.73. The topological polar surface area (TPSA) is 66.2 Å². The molecule has 0 aliphatic carbocycles. The standard InChI is InChI=1S/C22H19N3O3S2/c1-27-18-7-5-14(10-19(18)28-2)12-25-13-15(6-8-21(25)26)16-11-17(24-22(29)23-16)20-4-3-9-30-20/h3-11,13H,12H2,1-2H3,(H,23,24,29). The van der Waals surface area contributed by atoms with E-state index in [9.17, 15) is 4.79 Å². The van der Waals surface area contributed by atoms with Gasteiger partial charge in [-0.3, -0.25) is 4.79 Å². The molecular formula is C22H19N3O3S2. The summed E-state index contributed by atoms with van der Waals surface area (Å²) in [5.41, 5.74) is 3.14. The Morgan fingerprint density at radius 1 is 1.00 bits per heavy atom. The number of rotatable bonds is 6. The van der Waals surface area contributed by atoms with Crippen molar-refractivity contribution in [3.8, 4) is 33.3 Å². The highest BCUT2D eigenvalue weighted by Crippen LogP contribution is 2.29. The highest BCUT2D eigenvalue weighted by molar-refractivity contribution is 7.80. The number of thiol groups is 1. The average Bonchev–Trinajstić information content (AvgIpc) is 3.30. The Kier molecular flexibility index (Phi) is 5.87. The Labute approximate surface area is 183 Å². The summed E-state index contributed by atoms with van der Waals surface area (Å²) in [6.07, 6.45) is 1.80. The number of benzene rings is 1. The lowest BCUT2D eigenvalue weighted by molar-refractivity contribution is 0.354. The van der Waals surface area contributed by atoms with Gasteiger partial charge in [0, 0.05) is 17.8 Å². The lowest BCUT2D eigenvalue weighted by Crippen LogP contribution is -2.19. The van der Waals surface area contributed by atoms with E-state index < -0.39 is 0 Å². The van der Waals surface area contributed by atoms with E-state index in [0.717, 1.165) is 21.7 Å². The molecule has 0 aliphatic heterocycles. The summed E-state index contributed by atoms with van der Waals surface area (Å²) in [4.78, 5) is 22.4. The molecule has 0 aliphatic rings. The minimum Gasteiger partial charge on any atom is -0.493 e. The van der Waals surface area contributed by atoms with Crippen LogP contribution < -0.4 is 15.0 Å². The van der Waals surface area contributed by atoms with E-state index in [4.69, 9.17) is 9.47 Å². The van der Waals surface area contributed by atoms with Gasteiger partial charge in [-0.1, -0.05) is 12.1 Å². The van der Waals surface area contributed by atoms with Gasteiger partial charge in [-0.2, -0.15) is 0 Å². The van der Waals surface area contributed by atoms with Crippen molar-refractivity contribution in [1.29, 1.82) is 0 Å². The molecule has 4 aromatic rings. The molecule has 8 heteroatoms. The Morgan fingerprint density at radius 2 is 1.80 bits per heavy atom. The fourth-order valence-corrected chi connectivity index (χ4v) is 4.02. The molecule has 0 amide bonds. The normalized spacial score (nSPS) is 10.8. The Morgan fingerprint density at radius 3 is 2.53 bits per heavy atom. The first-order valence-corrected chi connectivity index (χ1v) is 10.4. The molecular weight excluding hydrogens is 418 g/mol. The molecule has 6 nitrogen and oxygen atoms in total. The molecule has 1 aromatic carbocycles. The quantitative estimate of drug-likeness (QED) is 0.358. The predicted molar refractivity (Wildman–Crippen MR) is 121 cm³/mol. The van der Waals surface area contributed by atoms with Crippen LogP contribution in [0.1, 0.15) is 5.56 Å². The van der Waals surface area contributed by atoms with Crippen molar-refractivity contribution in [2.24, 2.45) is 0 Å². The molecule has 30 heavy (non-hydrogen) atoms. The molecule has 0 fully saturated rings. The maximum atomic E-state index is 12.5. The van der Waals surface area contributed by atoms with Crippen LogP contribution >= 0.6 is 24.0 Å². The second-order valence-corrected chi connectivity index (χ2v) is 7.84. The molecule has 0 atom stereocenters. The van der Waals surface area contributed by atoms with Crippen LogP contribution in [0.15, 0.2) is 70.1 Å². The maximum Gasteiger partial charge on any atom is 0.250 e. The lowest BCUT2D eigenvalue weighted by atomic mass is 10.1. The van der Waals surface area contributed by atoms with Crippen LogP contribution in [0, 0.1) is 0 Å². The van der Waals surface area contributed by atoms with Gasteiger partial charge in [0.05, 0.1) is 37.0 Å². The zero-order chi connectivity index (χ0) is 21.1. The molecule has 0 saturated carbocycles. The van der Waals surface area contributed by atoms with Crippen LogP contribution in [-0.2, 0) is 6.54 Å². The van der Waals surface area contributed by atoms with Crippen LogP contribution in [0.25, 0.3) is 21.8 Å². The van der Waals surface area contributed by atoms with Gasteiger partial charge in [0.2, 0.25) is 0 Å². The SMILES string of the molecule is COc1ccc(Cn2cc(-c3cc(-c4cccs4)nc(S)n3)ccc2=O)cc1OC. The summed E-state index contributed by atoms with van der Waals surface area (Å²) >= 11 is 5.96. The van der Waals surface area contributed by atoms with Crippen LogP contribution in [0.5, 0.6) is 11.5 Å². The van der Waals surface area contributed by atoms with Gasteiger partial charge >= 0.3 is 0 Å². The van der Waals surface area contributed by atoms with Crippen LogP contribution in [0.2, 0.25) is 0 Å². The van der Waals surface area contributed by atoms with E-state index in [2.05, 4.69) is 22.6 Å². The monoisotopic (exact) mass is 437 g/mol. The van der Waals surface area contributed by atoms with Gasteiger partial charge in [-0.05, 0) is 41.3 Å². The minimum atomic E-state index is -0.104. The summed E-state index contributed by atoms with van der Waals surface area (Å²) < 4.78 is 12.3. The van der Waals surface area contributed by atoms with Crippen molar-refractivity contribution in [3.63, 3.8) is 0 Å². The zero-order valence-electron chi connectivity index (χ0n) is 16.4. The smallest absolute Gasteiger partial charge is 0.250 e. The number of hydrogen-bond acceptors (Lipinski definition) is 7. The van der Waals surface area contributed by atoms with E-state index in [0.29, 0.717) is 28.9 Å². The van der Waals surface area contributed by atoms with E-state index >= 15 is 0 Å². The highest BCUT2D eigenvalue weighted by Gasteiger charge is 2.10. The molecule has 0 unspecified atom stereocenters. The first-order valence-electron chi connectivity index (χ1n) is 9.11. The fourth-order valence-electron chi connectivity index (χ4n) is 3.12. The molecule has 0 bridgehead atoms. The number of nitrogens with zero attached hydrogens (tertiary/aromatic N) is 3. The van der Waals surface area contributed by atoms with Crippen LogP contribution in [0.3, 0.4) is 0 Å². The zero-order valence-corrected chi connectivity index (χ0v) is 18.1. The van der Waals surface area contributed by atoms with Crippen molar-refractivity contribution < 1.29 is 9.47 Å². The Bertz CT molecular complexity index is 1240. The van der Waals surface area contributed by atoms with E-state index in [1.165, 1.54) is 0 Å². The molecule has 0 radical (unpaired) electrons. The second-order valence-electron chi connectivity index (χ2n) is 6.49. The summed E-state index contributed by atoms with van der Waals surface area (Å²) in [7, 11) is 3.18. The minimum absolute atomic E-state index is 0.104. The summed E-state index contributed by atoms with van der Waals surface area (Å²) in [6, 6.07) is 14.8. The molecule has 152 valence electrons.